The predicted octanol–water partition coefficient (Wildman–Crippen LogP) is 1.75. The molecular weight excluding hydrogens is 366 g/mol. The fourth-order valence-electron chi connectivity index (χ4n) is 3.86. The van der Waals surface area contributed by atoms with E-state index in [1.54, 1.807) is 18.6 Å². The minimum absolute atomic E-state index is 0.200. The summed E-state index contributed by atoms with van der Waals surface area (Å²) in [7, 11) is 0. The van der Waals surface area contributed by atoms with Crippen molar-refractivity contribution in [2.24, 2.45) is 0 Å². The summed E-state index contributed by atoms with van der Waals surface area (Å²) in [6.45, 7) is 2.17. The molecule has 4 rings (SSSR count). The SMILES string of the molecule is O=c1oc2c(C[NH2+]CCCn3ccnc3)c([O-])c(Cl)cc2c2c1CCCC2. The van der Waals surface area contributed by atoms with Gasteiger partial charge < -0.3 is 19.4 Å². The van der Waals surface area contributed by atoms with Crippen molar-refractivity contribution < 1.29 is 14.8 Å². The van der Waals surface area contributed by atoms with E-state index in [9.17, 15) is 9.90 Å². The summed E-state index contributed by atoms with van der Waals surface area (Å²) in [6, 6.07) is 1.68. The molecule has 0 unspecified atom stereocenters. The third-order valence-corrected chi connectivity index (χ3v) is 5.53. The van der Waals surface area contributed by atoms with Gasteiger partial charge in [-0.3, -0.25) is 0 Å². The van der Waals surface area contributed by atoms with Crippen LogP contribution in [0.1, 0.15) is 36.0 Å². The highest BCUT2D eigenvalue weighted by atomic mass is 35.5. The lowest BCUT2D eigenvalue weighted by atomic mass is 9.90. The van der Waals surface area contributed by atoms with Crippen LogP contribution in [-0.2, 0) is 25.9 Å². The smallest absolute Gasteiger partial charge is 0.339 e. The van der Waals surface area contributed by atoms with Gasteiger partial charge in [0.25, 0.3) is 0 Å². The zero-order valence-corrected chi connectivity index (χ0v) is 15.8. The number of quaternary nitrogens is 1. The molecule has 0 atom stereocenters. The number of nitrogens with two attached hydrogens (primary N) is 1. The van der Waals surface area contributed by atoms with E-state index < -0.39 is 0 Å². The maximum Gasteiger partial charge on any atom is 0.339 e. The van der Waals surface area contributed by atoms with Crippen LogP contribution in [0.15, 0.2) is 34.0 Å². The molecule has 6 nitrogen and oxygen atoms in total. The van der Waals surface area contributed by atoms with Gasteiger partial charge in [0.2, 0.25) is 0 Å². The van der Waals surface area contributed by atoms with Crippen LogP contribution in [0, 0.1) is 0 Å². The first-order valence-electron chi connectivity index (χ1n) is 9.39. The van der Waals surface area contributed by atoms with Crippen LogP contribution in [0.4, 0.5) is 0 Å². The molecule has 1 aliphatic carbocycles. The molecular formula is C20H22ClN3O3. The van der Waals surface area contributed by atoms with Crippen LogP contribution >= 0.6 is 11.6 Å². The quantitative estimate of drug-likeness (QED) is 0.515. The Morgan fingerprint density at radius 3 is 2.89 bits per heavy atom. The van der Waals surface area contributed by atoms with E-state index in [-0.39, 0.29) is 16.4 Å². The summed E-state index contributed by atoms with van der Waals surface area (Å²) in [5.41, 5.74) is 2.36. The third-order valence-electron chi connectivity index (χ3n) is 5.25. The zero-order valence-electron chi connectivity index (χ0n) is 15.0. The van der Waals surface area contributed by atoms with E-state index in [0.717, 1.165) is 61.7 Å². The molecule has 0 fully saturated rings. The molecule has 2 heterocycles. The Morgan fingerprint density at radius 2 is 2.11 bits per heavy atom. The summed E-state index contributed by atoms with van der Waals surface area (Å²) in [5, 5.41) is 15.7. The van der Waals surface area contributed by atoms with Gasteiger partial charge in [0.1, 0.15) is 12.1 Å². The average Bonchev–Trinajstić information content (AvgIpc) is 3.19. The first-order chi connectivity index (χ1) is 13.1. The summed E-state index contributed by atoms with van der Waals surface area (Å²) >= 11 is 6.23. The largest absolute Gasteiger partial charge is 0.871 e. The monoisotopic (exact) mass is 387 g/mol. The van der Waals surface area contributed by atoms with Gasteiger partial charge in [0.15, 0.2) is 0 Å². The Kier molecular flexibility index (Phi) is 5.18. The van der Waals surface area contributed by atoms with Crippen molar-refractivity contribution in [2.75, 3.05) is 6.54 Å². The van der Waals surface area contributed by atoms with Crippen molar-refractivity contribution in [3.63, 3.8) is 0 Å². The number of hydrogen-bond donors (Lipinski definition) is 1. The maximum atomic E-state index is 12.6. The van der Waals surface area contributed by atoms with Crippen molar-refractivity contribution in [1.29, 1.82) is 0 Å². The van der Waals surface area contributed by atoms with Crippen molar-refractivity contribution in [3.8, 4) is 5.75 Å². The Hall–Kier alpha value is -2.31. The van der Waals surface area contributed by atoms with Gasteiger partial charge >= 0.3 is 5.63 Å². The second-order valence-corrected chi connectivity index (χ2v) is 7.44. The third kappa shape index (κ3) is 3.59. The number of aromatic nitrogens is 2. The second kappa shape index (κ2) is 7.74. The summed E-state index contributed by atoms with van der Waals surface area (Å²) in [5.74, 6) is -0.242. The van der Waals surface area contributed by atoms with Crippen molar-refractivity contribution in [1.82, 2.24) is 9.55 Å². The normalized spacial score (nSPS) is 13.8. The standard InChI is InChI=1S/C20H22ClN3O3/c21-17-10-15-13-4-1-2-5-14(13)20(26)27-19(15)16(18(17)25)11-22-6-3-8-24-9-7-23-12-24/h7,9-10,12,22,25H,1-6,8,11H2. The highest BCUT2D eigenvalue weighted by Crippen LogP contribution is 2.35. The number of rotatable bonds is 6. The fraction of sp³-hybridized carbons (Fsp3) is 0.400. The zero-order chi connectivity index (χ0) is 18.8. The molecule has 142 valence electrons. The molecule has 2 aromatic heterocycles. The van der Waals surface area contributed by atoms with Crippen LogP contribution in [0.5, 0.6) is 5.75 Å². The lowest BCUT2D eigenvalue weighted by Gasteiger charge is -2.21. The van der Waals surface area contributed by atoms with Gasteiger partial charge in [-0.2, -0.15) is 0 Å². The van der Waals surface area contributed by atoms with Gasteiger partial charge in [-0.1, -0.05) is 17.4 Å². The average molecular weight is 388 g/mol. The lowest BCUT2D eigenvalue weighted by molar-refractivity contribution is -0.671. The maximum absolute atomic E-state index is 12.6. The van der Waals surface area contributed by atoms with Crippen LogP contribution in [0.25, 0.3) is 11.0 Å². The van der Waals surface area contributed by atoms with Crippen LogP contribution in [0.2, 0.25) is 5.02 Å². The van der Waals surface area contributed by atoms with Gasteiger partial charge in [0.05, 0.1) is 12.9 Å². The molecule has 1 aromatic carbocycles. The van der Waals surface area contributed by atoms with Crippen molar-refractivity contribution >= 4 is 22.6 Å². The number of fused-ring (bicyclic) bond motifs is 3. The van der Waals surface area contributed by atoms with E-state index in [2.05, 4.69) is 10.3 Å². The van der Waals surface area contributed by atoms with Gasteiger partial charge in [-0.25, -0.2) is 9.78 Å². The van der Waals surface area contributed by atoms with Crippen LogP contribution in [0.3, 0.4) is 0 Å². The predicted molar refractivity (Wildman–Crippen MR) is 101 cm³/mol. The van der Waals surface area contributed by atoms with E-state index in [1.165, 1.54) is 0 Å². The van der Waals surface area contributed by atoms with E-state index in [0.29, 0.717) is 17.7 Å². The minimum Gasteiger partial charge on any atom is -0.871 e. The summed E-state index contributed by atoms with van der Waals surface area (Å²) in [4.78, 5) is 16.4. The summed E-state index contributed by atoms with van der Waals surface area (Å²) in [6.07, 6.45) is 10.0. The van der Waals surface area contributed by atoms with E-state index in [4.69, 9.17) is 16.0 Å². The van der Waals surface area contributed by atoms with Gasteiger partial charge in [-0.05, 0) is 37.3 Å². The van der Waals surface area contributed by atoms with Gasteiger partial charge in [-0.15, -0.1) is 0 Å². The van der Waals surface area contributed by atoms with Crippen molar-refractivity contribution in [2.45, 2.75) is 45.2 Å². The van der Waals surface area contributed by atoms with Crippen LogP contribution in [-0.4, -0.2) is 16.1 Å². The molecule has 0 saturated heterocycles. The molecule has 0 saturated carbocycles. The topological polar surface area (TPSA) is 87.7 Å². The molecule has 1 aliphatic rings. The molecule has 0 aliphatic heterocycles. The lowest BCUT2D eigenvalue weighted by Crippen LogP contribution is -2.82. The molecule has 2 N–H and O–H groups in total. The van der Waals surface area contributed by atoms with Crippen molar-refractivity contribution in [3.05, 3.63) is 56.9 Å². The first kappa shape index (κ1) is 18.1. The number of nitrogens with zero attached hydrogens (tertiary/aromatic N) is 2. The molecule has 0 radical (unpaired) electrons. The number of benzene rings is 1. The highest BCUT2D eigenvalue weighted by Gasteiger charge is 2.21. The minimum atomic E-state index is -0.305. The summed E-state index contributed by atoms with van der Waals surface area (Å²) < 4.78 is 7.62. The Bertz CT molecular complexity index is 1010. The molecule has 27 heavy (non-hydrogen) atoms. The second-order valence-electron chi connectivity index (χ2n) is 7.03. The van der Waals surface area contributed by atoms with E-state index in [1.807, 2.05) is 10.8 Å². The number of hydrogen-bond acceptors (Lipinski definition) is 4. The Balaban J connectivity index is 1.58. The highest BCUT2D eigenvalue weighted by molar-refractivity contribution is 6.33. The number of aryl methyl sites for hydroxylation is 2. The van der Waals surface area contributed by atoms with E-state index >= 15 is 0 Å². The Morgan fingerprint density at radius 1 is 1.30 bits per heavy atom. The molecule has 0 amide bonds. The number of halogens is 1. The number of imidazole rings is 1. The molecule has 3 aromatic rings. The first-order valence-corrected chi connectivity index (χ1v) is 9.77. The molecule has 7 heteroatoms. The van der Waals surface area contributed by atoms with Gasteiger partial charge in [0, 0.05) is 46.9 Å². The molecule has 0 spiro atoms. The Labute approximate surface area is 161 Å². The fourth-order valence-corrected chi connectivity index (χ4v) is 4.08. The van der Waals surface area contributed by atoms with Crippen LogP contribution < -0.4 is 16.0 Å². The molecule has 0 bridgehead atoms.